The maximum absolute atomic E-state index is 11.5. The summed E-state index contributed by atoms with van der Waals surface area (Å²) in [5.41, 5.74) is 3.67. The van der Waals surface area contributed by atoms with Gasteiger partial charge in [-0.15, -0.1) is 0 Å². The molecule has 0 aromatic heterocycles. The SMILES string of the molecule is CCN(CC)/C(=N\Nc1ccc(Cl)cc1)C(C)=O. The lowest BCUT2D eigenvalue weighted by Gasteiger charge is -2.20. The van der Waals surface area contributed by atoms with Crippen molar-refractivity contribution in [1.29, 1.82) is 0 Å². The molecule has 5 heteroatoms. The first-order valence-electron chi connectivity index (χ1n) is 5.93. The Bertz CT molecular complexity index is 424. The first-order chi connectivity index (χ1) is 8.58. The largest absolute Gasteiger partial charge is 0.353 e. The Labute approximate surface area is 113 Å². The average Bonchev–Trinajstić information content (AvgIpc) is 2.36. The Kier molecular flexibility index (Phi) is 5.65. The van der Waals surface area contributed by atoms with Gasteiger partial charge in [0.25, 0.3) is 0 Å². The van der Waals surface area contributed by atoms with Crippen molar-refractivity contribution in [3.05, 3.63) is 29.3 Å². The molecule has 1 N–H and O–H groups in total. The zero-order valence-electron chi connectivity index (χ0n) is 10.9. The molecule has 18 heavy (non-hydrogen) atoms. The summed E-state index contributed by atoms with van der Waals surface area (Å²) in [5.74, 6) is 0.384. The minimum atomic E-state index is -0.0554. The van der Waals surface area contributed by atoms with Crippen LogP contribution in [0.5, 0.6) is 0 Å². The van der Waals surface area contributed by atoms with Gasteiger partial charge in [0.15, 0.2) is 11.6 Å². The third-order valence-electron chi connectivity index (χ3n) is 2.51. The molecule has 0 spiro atoms. The number of rotatable bonds is 5. The summed E-state index contributed by atoms with van der Waals surface area (Å²) >= 11 is 5.79. The molecule has 4 nitrogen and oxygen atoms in total. The van der Waals surface area contributed by atoms with Crippen LogP contribution in [-0.2, 0) is 4.79 Å². The van der Waals surface area contributed by atoms with Gasteiger partial charge in [-0.2, -0.15) is 5.10 Å². The van der Waals surface area contributed by atoms with Gasteiger partial charge in [-0.3, -0.25) is 10.2 Å². The number of Topliss-reactive ketones (excluding diaryl/α,β-unsaturated/α-hetero) is 1. The van der Waals surface area contributed by atoms with Gasteiger partial charge in [0, 0.05) is 25.0 Å². The lowest BCUT2D eigenvalue weighted by atomic mass is 10.3. The van der Waals surface area contributed by atoms with E-state index >= 15 is 0 Å². The zero-order chi connectivity index (χ0) is 13.5. The molecule has 0 aliphatic rings. The van der Waals surface area contributed by atoms with Crippen molar-refractivity contribution in [3.8, 4) is 0 Å². The molecule has 0 bridgehead atoms. The molecular weight excluding hydrogens is 250 g/mol. The summed E-state index contributed by atoms with van der Waals surface area (Å²) in [5, 5.41) is 4.83. The van der Waals surface area contributed by atoms with Gasteiger partial charge >= 0.3 is 0 Å². The van der Waals surface area contributed by atoms with E-state index in [9.17, 15) is 4.79 Å². The Morgan fingerprint density at radius 3 is 2.28 bits per heavy atom. The Morgan fingerprint density at radius 2 is 1.83 bits per heavy atom. The molecule has 0 unspecified atom stereocenters. The predicted octanol–water partition coefficient (Wildman–Crippen LogP) is 3.00. The van der Waals surface area contributed by atoms with Crippen LogP contribution in [0.4, 0.5) is 5.69 Å². The highest BCUT2D eigenvalue weighted by Gasteiger charge is 2.12. The van der Waals surface area contributed by atoms with Gasteiger partial charge in [-0.1, -0.05) is 11.6 Å². The van der Waals surface area contributed by atoms with E-state index < -0.39 is 0 Å². The summed E-state index contributed by atoms with van der Waals surface area (Å²) in [6.45, 7) is 6.99. The van der Waals surface area contributed by atoms with Crippen molar-refractivity contribution in [2.24, 2.45) is 5.10 Å². The summed E-state index contributed by atoms with van der Waals surface area (Å²) in [6.07, 6.45) is 0. The highest BCUT2D eigenvalue weighted by atomic mass is 35.5. The predicted molar refractivity (Wildman–Crippen MR) is 76.1 cm³/mol. The number of hydrazone groups is 1. The first-order valence-corrected chi connectivity index (χ1v) is 6.31. The number of anilines is 1. The fraction of sp³-hybridized carbons (Fsp3) is 0.385. The van der Waals surface area contributed by atoms with Gasteiger partial charge in [0.1, 0.15) is 0 Å². The molecule has 1 aromatic rings. The standard InChI is InChI=1S/C13H18ClN3O/c1-4-17(5-2)13(10(3)18)16-15-12-8-6-11(14)7-9-12/h6-9,15H,4-5H2,1-3H3/b16-13-. The van der Waals surface area contributed by atoms with E-state index in [1.807, 2.05) is 30.9 Å². The van der Waals surface area contributed by atoms with Gasteiger partial charge in [0.2, 0.25) is 0 Å². The number of nitrogens with zero attached hydrogens (tertiary/aromatic N) is 2. The van der Waals surface area contributed by atoms with E-state index in [1.165, 1.54) is 6.92 Å². The number of likely N-dealkylation sites (N-methyl/N-ethyl adjacent to an activating group) is 1. The van der Waals surface area contributed by atoms with Crippen LogP contribution in [0.15, 0.2) is 29.4 Å². The Hall–Kier alpha value is -1.55. The summed E-state index contributed by atoms with van der Waals surface area (Å²) in [6, 6.07) is 7.16. The monoisotopic (exact) mass is 267 g/mol. The van der Waals surface area contributed by atoms with E-state index in [-0.39, 0.29) is 5.78 Å². The summed E-state index contributed by atoms with van der Waals surface area (Å²) in [4.78, 5) is 13.5. The molecule has 1 rings (SSSR count). The number of nitrogens with one attached hydrogen (secondary N) is 1. The number of ketones is 1. The van der Waals surface area contributed by atoms with Crippen molar-refractivity contribution in [2.45, 2.75) is 20.8 Å². The van der Waals surface area contributed by atoms with Gasteiger partial charge in [-0.05, 0) is 38.1 Å². The van der Waals surface area contributed by atoms with Crippen LogP contribution in [0.3, 0.4) is 0 Å². The molecular formula is C13H18ClN3O. The molecule has 98 valence electrons. The van der Waals surface area contributed by atoms with Gasteiger partial charge in [0.05, 0.1) is 5.69 Å². The number of hydrogen-bond acceptors (Lipinski definition) is 3. The molecule has 0 aliphatic heterocycles. The zero-order valence-corrected chi connectivity index (χ0v) is 11.7. The molecule has 0 fully saturated rings. The number of carbonyl (C=O) groups excluding carboxylic acids is 1. The third-order valence-corrected chi connectivity index (χ3v) is 2.76. The van der Waals surface area contributed by atoms with Crippen molar-refractivity contribution in [2.75, 3.05) is 18.5 Å². The topological polar surface area (TPSA) is 44.7 Å². The second-order valence-electron chi connectivity index (χ2n) is 3.78. The summed E-state index contributed by atoms with van der Waals surface area (Å²) in [7, 11) is 0. The summed E-state index contributed by atoms with van der Waals surface area (Å²) < 4.78 is 0. The minimum absolute atomic E-state index is 0.0554. The lowest BCUT2D eigenvalue weighted by molar-refractivity contribution is -0.111. The molecule has 0 radical (unpaired) electrons. The number of benzene rings is 1. The number of carbonyl (C=O) groups is 1. The highest BCUT2D eigenvalue weighted by molar-refractivity contribution is 6.37. The second-order valence-corrected chi connectivity index (χ2v) is 4.22. The second kappa shape index (κ2) is 7.01. The van der Waals surface area contributed by atoms with Crippen molar-refractivity contribution in [1.82, 2.24) is 4.90 Å². The maximum Gasteiger partial charge on any atom is 0.196 e. The van der Waals surface area contributed by atoms with Crippen LogP contribution in [0, 0.1) is 0 Å². The van der Waals surface area contributed by atoms with Crippen LogP contribution in [0.25, 0.3) is 0 Å². The fourth-order valence-electron chi connectivity index (χ4n) is 1.54. The van der Waals surface area contributed by atoms with E-state index in [1.54, 1.807) is 12.1 Å². The molecule has 0 amide bonds. The molecule has 0 aliphatic carbocycles. The van der Waals surface area contributed by atoms with Gasteiger partial charge in [-0.25, -0.2) is 0 Å². The van der Waals surface area contributed by atoms with Crippen LogP contribution < -0.4 is 5.43 Å². The van der Waals surface area contributed by atoms with Crippen LogP contribution in [-0.4, -0.2) is 29.6 Å². The quantitative estimate of drug-likeness (QED) is 0.507. The first kappa shape index (κ1) is 14.5. The normalized spacial score (nSPS) is 11.2. The third kappa shape index (κ3) is 4.04. The van der Waals surface area contributed by atoms with Gasteiger partial charge < -0.3 is 4.90 Å². The van der Waals surface area contributed by atoms with Crippen LogP contribution in [0.2, 0.25) is 5.02 Å². The fourth-order valence-corrected chi connectivity index (χ4v) is 1.66. The van der Waals surface area contributed by atoms with E-state index in [2.05, 4.69) is 10.5 Å². The van der Waals surface area contributed by atoms with E-state index in [0.717, 1.165) is 18.8 Å². The smallest absolute Gasteiger partial charge is 0.196 e. The van der Waals surface area contributed by atoms with Crippen molar-refractivity contribution < 1.29 is 4.79 Å². The molecule has 0 atom stereocenters. The Balaban J connectivity index is 2.83. The number of amidine groups is 1. The van der Waals surface area contributed by atoms with Crippen LogP contribution in [0.1, 0.15) is 20.8 Å². The highest BCUT2D eigenvalue weighted by Crippen LogP contribution is 2.13. The molecule has 0 saturated carbocycles. The van der Waals surface area contributed by atoms with Crippen molar-refractivity contribution in [3.63, 3.8) is 0 Å². The number of hydrogen-bond donors (Lipinski definition) is 1. The average molecular weight is 268 g/mol. The molecule has 0 saturated heterocycles. The van der Waals surface area contributed by atoms with Crippen molar-refractivity contribution >= 4 is 28.9 Å². The molecule has 1 aromatic carbocycles. The minimum Gasteiger partial charge on any atom is -0.353 e. The van der Waals surface area contributed by atoms with Crippen LogP contribution >= 0.6 is 11.6 Å². The molecule has 0 heterocycles. The maximum atomic E-state index is 11.5. The Morgan fingerprint density at radius 1 is 1.28 bits per heavy atom. The number of halogens is 1. The lowest BCUT2D eigenvalue weighted by Crippen LogP contribution is -2.36. The van der Waals surface area contributed by atoms with E-state index in [4.69, 9.17) is 11.6 Å². The van der Waals surface area contributed by atoms with E-state index in [0.29, 0.717) is 10.9 Å².